The predicted molar refractivity (Wildman–Crippen MR) is 62.6 cm³/mol. The van der Waals surface area contributed by atoms with Crippen LogP contribution < -0.4 is 0 Å². The molecule has 0 spiro atoms. The molecule has 3 heteroatoms. The normalized spacial score (nSPS) is 12.1. The molecule has 0 fully saturated rings. The fraction of sp³-hybridized carbons (Fsp3) is 0.917. The number of rotatable bonds is 7. The Bertz CT molecular complexity index is 206. The standard InChI is InChI=1S/C12H24N2O/c1-11(2)14(8-9-15-5)7-6-12(3,4)10-13/h11H,6-9H2,1-5H3. The average molecular weight is 212 g/mol. The van der Waals surface area contributed by atoms with Gasteiger partial charge in [-0.1, -0.05) is 0 Å². The third-order valence-electron chi connectivity index (χ3n) is 2.64. The van der Waals surface area contributed by atoms with E-state index in [2.05, 4.69) is 24.8 Å². The molecular weight excluding hydrogens is 188 g/mol. The number of nitrogens with zero attached hydrogens (tertiary/aromatic N) is 2. The van der Waals surface area contributed by atoms with Crippen LogP contribution in [0.4, 0.5) is 0 Å². The van der Waals surface area contributed by atoms with E-state index in [1.54, 1.807) is 7.11 Å². The van der Waals surface area contributed by atoms with Crippen LogP contribution in [0, 0.1) is 16.7 Å². The zero-order valence-corrected chi connectivity index (χ0v) is 10.7. The summed E-state index contributed by atoms with van der Waals surface area (Å²) >= 11 is 0. The van der Waals surface area contributed by atoms with Crippen molar-refractivity contribution in [3.63, 3.8) is 0 Å². The lowest BCUT2D eigenvalue weighted by atomic mass is 9.91. The first kappa shape index (κ1) is 14.4. The fourth-order valence-electron chi connectivity index (χ4n) is 1.32. The molecule has 0 saturated carbocycles. The highest BCUT2D eigenvalue weighted by Gasteiger charge is 2.19. The van der Waals surface area contributed by atoms with Crippen LogP contribution in [0.1, 0.15) is 34.1 Å². The van der Waals surface area contributed by atoms with Crippen LogP contribution in [0.5, 0.6) is 0 Å². The average Bonchev–Trinajstić information content (AvgIpc) is 2.17. The molecule has 0 rings (SSSR count). The second kappa shape index (κ2) is 6.81. The van der Waals surface area contributed by atoms with E-state index >= 15 is 0 Å². The predicted octanol–water partition coefficient (Wildman–Crippen LogP) is 2.28. The Morgan fingerprint density at radius 2 is 1.93 bits per heavy atom. The van der Waals surface area contributed by atoms with Crippen LogP contribution in [0.2, 0.25) is 0 Å². The Kier molecular flexibility index (Phi) is 6.55. The van der Waals surface area contributed by atoms with Crippen molar-refractivity contribution in [2.24, 2.45) is 5.41 Å². The van der Waals surface area contributed by atoms with Gasteiger partial charge in [-0.3, -0.25) is 4.90 Å². The van der Waals surface area contributed by atoms with Crippen molar-refractivity contribution in [3.05, 3.63) is 0 Å². The number of nitriles is 1. The summed E-state index contributed by atoms with van der Waals surface area (Å²) in [5, 5.41) is 8.93. The molecule has 0 aromatic rings. The van der Waals surface area contributed by atoms with Crippen molar-refractivity contribution in [2.45, 2.75) is 40.2 Å². The SMILES string of the molecule is COCCN(CCC(C)(C)C#N)C(C)C. The second-order valence-corrected chi connectivity index (χ2v) is 4.87. The Morgan fingerprint density at radius 3 is 2.33 bits per heavy atom. The van der Waals surface area contributed by atoms with E-state index in [0.717, 1.165) is 26.1 Å². The van der Waals surface area contributed by atoms with Gasteiger partial charge in [-0.05, 0) is 40.7 Å². The first-order valence-electron chi connectivity index (χ1n) is 5.57. The van der Waals surface area contributed by atoms with Crippen LogP contribution in [0.25, 0.3) is 0 Å². The van der Waals surface area contributed by atoms with Crippen LogP contribution in [-0.4, -0.2) is 37.7 Å². The Morgan fingerprint density at radius 1 is 1.33 bits per heavy atom. The van der Waals surface area contributed by atoms with E-state index in [1.165, 1.54) is 0 Å². The fourth-order valence-corrected chi connectivity index (χ4v) is 1.32. The van der Waals surface area contributed by atoms with Gasteiger partial charge < -0.3 is 4.74 Å². The zero-order valence-electron chi connectivity index (χ0n) is 10.7. The van der Waals surface area contributed by atoms with Crippen molar-refractivity contribution < 1.29 is 4.74 Å². The molecule has 0 aliphatic heterocycles. The number of ether oxygens (including phenoxy) is 1. The molecule has 0 saturated heterocycles. The van der Waals surface area contributed by atoms with Crippen molar-refractivity contribution in [1.29, 1.82) is 5.26 Å². The van der Waals surface area contributed by atoms with Gasteiger partial charge in [-0.2, -0.15) is 5.26 Å². The maximum absolute atomic E-state index is 8.93. The summed E-state index contributed by atoms with van der Waals surface area (Å²) in [5.41, 5.74) is -0.222. The second-order valence-electron chi connectivity index (χ2n) is 4.87. The van der Waals surface area contributed by atoms with Gasteiger partial charge in [0.25, 0.3) is 0 Å². The molecule has 0 N–H and O–H groups in total. The van der Waals surface area contributed by atoms with E-state index in [9.17, 15) is 0 Å². The highest BCUT2D eigenvalue weighted by atomic mass is 16.5. The van der Waals surface area contributed by atoms with E-state index in [-0.39, 0.29) is 5.41 Å². The molecule has 0 aliphatic carbocycles. The summed E-state index contributed by atoms with van der Waals surface area (Å²) in [4.78, 5) is 2.35. The molecule has 0 radical (unpaired) electrons. The molecule has 0 atom stereocenters. The van der Waals surface area contributed by atoms with Gasteiger partial charge in [0.2, 0.25) is 0 Å². The molecule has 0 aliphatic rings. The van der Waals surface area contributed by atoms with E-state index in [4.69, 9.17) is 10.00 Å². The summed E-state index contributed by atoms with van der Waals surface area (Å²) in [6, 6.07) is 2.84. The molecule has 0 unspecified atom stereocenters. The van der Waals surface area contributed by atoms with Gasteiger partial charge in [0.05, 0.1) is 18.1 Å². The van der Waals surface area contributed by atoms with Crippen LogP contribution >= 0.6 is 0 Å². The first-order chi connectivity index (χ1) is 6.93. The topological polar surface area (TPSA) is 36.3 Å². The van der Waals surface area contributed by atoms with E-state index in [0.29, 0.717) is 6.04 Å². The molecule has 0 aromatic carbocycles. The number of hydrogen-bond acceptors (Lipinski definition) is 3. The lowest BCUT2D eigenvalue weighted by molar-refractivity contribution is 0.122. The third kappa shape index (κ3) is 6.48. The maximum atomic E-state index is 8.93. The van der Waals surface area contributed by atoms with Crippen LogP contribution in [0.15, 0.2) is 0 Å². The van der Waals surface area contributed by atoms with Crippen molar-refractivity contribution >= 4 is 0 Å². The molecule has 0 amide bonds. The van der Waals surface area contributed by atoms with Crippen molar-refractivity contribution in [2.75, 3.05) is 26.8 Å². The van der Waals surface area contributed by atoms with Gasteiger partial charge in [0.1, 0.15) is 0 Å². The molecule has 0 aromatic heterocycles. The van der Waals surface area contributed by atoms with Gasteiger partial charge >= 0.3 is 0 Å². The molecule has 88 valence electrons. The summed E-state index contributed by atoms with van der Waals surface area (Å²) in [7, 11) is 1.72. The molecule has 0 bridgehead atoms. The van der Waals surface area contributed by atoms with Crippen molar-refractivity contribution in [3.8, 4) is 6.07 Å². The summed E-state index contributed by atoms with van der Waals surface area (Å²) in [6.07, 6.45) is 0.908. The number of methoxy groups -OCH3 is 1. The quantitative estimate of drug-likeness (QED) is 0.649. The third-order valence-corrected chi connectivity index (χ3v) is 2.64. The summed E-state index contributed by atoms with van der Waals surface area (Å²) < 4.78 is 5.07. The largest absolute Gasteiger partial charge is 0.383 e. The lowest BCUT2D eigenvalue weighted by Gasteiger charge is -2.28. The van der Waals surface area contributed by atoms with E-state index in [1.807, 2.05) is 13.8 Å². The molecule has 3 nitrogen and oxygen atoms in total. The first-order valence-corrected chi connectivity index (χ1v) is 5.57. The summed E-state index contributed by atoms with van der Waals surface area (Å²) in [6.45, 7) is 11.0. The van der Waals surface area contributed by atoms with Gasteiger partial charge in [-0.25, -0.2) is 0 Å². The Balaban J connectivity index is 4.02. The van der Waals surface area contributed by atoms with Gasteiger partial charge in [0, 0.05) is 19.7 Å². The zero-order chi connectivity index (χ0) is 11.9. The highest BCUT2D eigenvalue weighted by Crippen LogP contribution is 2.19. The highest BCUT2D eigenvalue weighted by molar-refractivity contribution is 4.92. The van der Waals surface area contributed by atoms with Crippen LogP contribution in [-0.2, 0) is 4.74 Å². The van der Waals surface area contributed by atoms with Crippen molar-refractivity contribution in [1.82, 2.24) is 4.90 Å². The molecule has 15 heavy (non-hydrogen) atoms. The minimum absolute atomic E-state index is 0.222. The minimum atomic E-state index is -0.222. The minimum Gasteiger partial charge on any atom is -0.383 e. The Hall–Kier alpha value is -0.590. The van der Waals surface area contributed by atoms with E-state index < -0.39 is 0 Å². The lowest BCUT2D eigenvalue weighted by Crippen LogP contribution is -2.36. The van der Waals surface area contributed by atoms with Gasteiger partial charge in [0.15, 0.2) is 0 Å². The Labute approximate surface area is 94.0 Å². The monoisotopic (exact) mass is 212 g/mol. The van der Waals surface area contributed by atoms with Crippen LogP contribution in [0.3, 0.4) is 0 Å². The smallest absolute Gasteiger partial charge is 0.0684 e. The molecular formula is C12H24N2O. The van der Waals surface area contributed by atoms with Gasteiger partial charge in [-0.15, -0.1) is 0 Å². The number of hydrogen-bond donors (Lipinski definition) is 0. The molecule has 0 heterocycles. The maximum Gasteiger partial charge on any atom is 0.0684 e. The summed E-state index contributed by atoms with van der Waals surface area (Å²) in [5.74, 6) is 0.